The zero-order valence-corrected chi connectivity index (χ0v) is 9.73. The third-order valence-corrected chi connectivity index (χ3v) is 3.25. The monoisotopic (exact) mass is 242 g/mol. The highest BCUT2D eigenvalue weighted by Gasteiger charge is 2.08. The van der Waals surface area contributed by atoms with E-state index >= 15 is 0 Å². The normalized spacial score (nSPS) is 10.7. The highest BCUT2D eigenvalue weighted by atomic mass is 32.2. The molecule has 0 atom stereocenters. The van der Waals surface area contributed by atoms with Crippen molar-refractivity contribution in [3.63, 3.8) is 0 Å². The molecule has 15 heavy (non-hydrogen) atoms. The summed E-state index contributed by atoms with van der Waals surface area (Å²) in [5.74, 6) is -0.339. The molecule has 0 aromatic carbocycles. The third-order valence-electron chi connectivity index (χ3n) is 1.57. The van der Waals surface area contributed by atoms with Crippen LogP contribution in [0.15, 0.2) is 17.5 Å². The number of carbonyl (C=O) groups excluding carboxylic acids is 1. The van der Waals surface area contributed by atoms with E-state index in [1.807, 2.05) is 0 Å². The number of aromatic carboxylic acids is 1. The van der Waals surface area contributed by atoms with Gasteiger partial charge in [0.15, 0.2) is 5.12 Å². The number of thiophene rings is 1. The molecular formula is C10H10O3S2. The lowest BCUT2D eigenvalue weighted by atomic mass is 10.2. The van der Waals surface area contributed by atoms with Gasteiger partial charge in [0, 0.05) is 12.7 Å². The zero-order valence-electron chi connectivity index (χ0n) is 8.10. The fourth-order valence-electron chi connectivity index (χ4n) is 0.965. The third kappa shape index (κ3) is 3.89. The number of hydrogen-bond donors (Lipinski definition) is 1. The van der Waals surface area contributed by atoms with Crippen molar-refractivity contribution < 1.29 is 14.7 Å². The van der Waals surface area contributed by atoms with Gasteiger partial charge < -0.3 is 5.11 Å². The second kappa shape index (κ2) is 5.72. The Morgan fingerprint density at radius 2 is 2.33 bits per heavy atom. The molecule has 1 N–H and O–H groups in total. The minimum absolute atomic E-state index is 0.0587. The van der Waals surface area contributed by atoms with Crippen molar-refractivity contribution in [1.82, 2.24) is 0 Å². The zero-order chi connectivity index (χ0) is 11.3. The van der Waals surface area contributed by atoms with Crippen LogP contribution in [0.3, 0.4) is 0 Å². The Labute approximate surface area is 95.8 Å². The first-order valence-corrected chi connectivity index (χ1v) is 6.08. The topological polar surface area (TPSA) is 54.4 Å². The Hall–Kier alpha value is -1.07. The first-order valence-electron chi connectivity index (χ1n) is 4.22. The summed E-state index contributed by atoms with van der Waals surface area (Å²) in [4.78, 5) is 21.7. The second-order valence-corrected chi connectivity index (χ2v) is 4.83. The number of rotatable bonds is 4. The Morgan fingerprint density at radius 1 is 1.60 bits per heavy atom. The van der Waals surface area contributed by atoms with Crippen molar-refractivity contribution >= 4 is 40.3 Å². The van der Waals surface area contributed by atoms with Gasteiger partial charge in [-0.05, 0) is 17.0 Å². The summed E-state index contributed by atoms with van der Waals surface area (Å²) in [6.07, 6.45) is 3.52. The van der Waals surface area contributed by atoms with Gasteiger partial charge in [-0.3, -0.25) is 4.79 Å². The van der Waals surface area contributed by atoms with Gasteiger partial charge in [-0.15, -0.1) is 11.3 Å². The number of carbonyl (C=O) groups is 2. The minimum Gasteiger partial charge on any atom is -0.477 e. The van der Waals surface area contributed by atoms with E-state index in [0.717, 1.165) is 0 Å². The molecule has 0 bridgehead atoms. The molecule has 0 aliphatic heterocycles. The molecule has 1 aromatic heterocycles. The number of thioether (sulfide) groups is 1. The Balaban J connectivity index is 2.60. The molecule has 0 radical (unpaired) electrons. The lowest BCUT2D eigenvalue weighted by Crippen LogP contribution is -1.93. The molecule has 3 nitrogen and oxygen atoms in total. The molecule has 0 amide bonds. The van der Waals surface area contributed by atoms with Crippen LogP contribution >= 0.6 is 23.1 Å². The van der Waals surface area contributed by atoms with E-state index in [2.05, 4.69) is 0 Å². The van der Waals surface area contributed by atoms with Gasteiger partial charge >= 0.3 is 5.97 Å². The fourth-order valence-corrected chi connectivity index (χ4v) is 2.12. The SMILES string of the molecule is CC(=O)SCC=Cc1ccsc1C(=O)O. The molecule has 5 heteroatoms. The van der Waals surface area contributed by atoms with E-state index in [0.29, 0.717) is 16.2 Å². The molecule has 80 valence electrons. The Bertz CT molecular complexity index is 393. The van der Waals surface area contributed by atoms with Gasteiger partial charge in [-0.25, -0.2) is 4.79 Å². The molecule has 0 saturated carbocycles. The molecular weight excluding hydrogens is 232 g/mol. The van der Waals surface area contributed by atoms with E-state index in [1.54, 1.807) is 23.6 Å². The molecule has 0 aliphatic rings. The molecule has 1 aromatic rings. The Morgan fingerprint density at radius 3 is 2.93 bits per heavy atom. The summed E-state index contributed by atoms with van der Waals surface area (Å²) >= 11 is 2.40. The number of hydrogen-bond acceptors (Lipinski definition) is 4. The summed E-state index contributed by atoms with van der Waals surface area (Å²) in [7, 11) is 0. The predicted molar refractivity (Wildman–Crippen MR) is 63.5 cm³/mol. The van der Waals surface area contributed by atoms with Gasteiger partial charge in [0.05, 0.1) is 0 Å². The highest BCUT2D eigenvalue weighted by Crippen LogP contribution is 2.18. The second-order valence-electron chi connectivity index (χ2n) is 2.72. The largest absolute Gasteiger partial charge is 0.477 e. The summed E-state index contributed by atoms with van der Waals surface area (Å²) in [6.45, 7) is 1.51. The number of carboxylic acids is 1. The van der Waals surface area contributed by atoms with E-state index in [9.17, 15) is 9.59 Å². The van der Waals surface area contributed by atoms with Gasteiger partial charge in [0.2, 0.25) is 0 Å². The van der Waals surface area contributed by atoms with Crippen LogP contribution in [0.2, 0.25) is 0 Å². The maximum absolute atomic E-state index is 10.7. The summed E-state index contributed by atoms with van der Waals surface area (Å²) in [5, 5.41) is 10.6. The lowest BCUT2D eigenvalue weighted by Gasteiger charge is -1.92. The molecule has 1 heterocycles. The van der Waals surface area contributed by atoms with Gasteiger partial charge in [0.1, 0.15) is 4.88 Å². The van der Waals surface area contributed by atoms with Crippen LogP contribution in [0.25, 0.3) is 6.08 Å². The smallest absolute Gasteiger partial charge is 0.346 e. The van der Waals surface area contributed by atoms with Crippen molar-refractivity contribution in [2.45, 2.75) is 6.92 Å². The predicted octanol–water partition coefficient (Wildman–Crippen LogP) is 2.74. The van der Waals surface area contributed by atoms with Crippen molar-refractivity contribution in [3.8, 4) is 0 Å². The van der Waals surface area contributed by atoms with Gasteiger partial charge in [0.25, 0.3) is 0 Å². The quantitative estimate of drug-likeness (QED) is 0.882. The molecule has 1 rings (SSSR count). The highest BCUT2D eigenvalue weighted by molar-refractivity contribution is 8.13. The average Bonchev–Trinajstić information content (AvgIpc) is 2.60. The molecule has 0 saturated heterocycles. The number of carboxylic acid groups (broad SMARTS) is 1. The van der Waals surface area contributed by atoms with Crippen LogP contribution in [-0.2, 0) is 4.79 Å². The van der Waals surface area contributed by atoms with Crippen LogP contribution < -0.4 is 0 Å². The van der Waals surface area contributed by atoms with E-state index < -0.39 is 5.97 Å². The molecule has 0 spiro atoms. The van der Waals surface area contributed by atoms with E-state index in [1.165, 1.54) is 30.0 Å². The molecule has 0 fully saturated rings. The van der Waals surface area contributed by atoms with Crippen molar-refractivity contribution in [2.24, 2.45) is 0 Å². The van der Waals surface area contributed by atoms with Crippen LogP contribution in [0.1, 0.15) is 22.2 Å². The first-order chi connectivity index (χ1) is 7.11. The van der Waals surface area contributed by atoms with Crippen molar-refractivity contribution in [1.29, 1.82) is 0 Å². The van der Waals surface area contributed by atoms with Crippen LogP contribution in [0, 0.1) is 0 Å². The van der Waals surface area contributed by atoms with Crippen LogP contribution in [0.4, 0.5) is 0 Å². The van der Waals surface area contributed by atoms with E-state index in [-0.39, 0.29) is 5.12 Å². The van der Waals surface area contributed by atoms with Gasteiger partial charge in [-0.1, -0.05) is 23.9 Å². The van der Waals surface area contributed by atoms with Crippen LogP contribution in [0.5, 0.6) is 0 Å². The lowest BCUT2D eigenvalue weighted by molar-refractivity contribution is -0.109. The van der Waals surface area contributed by atoms with Crippen molar-refractivity contribution in [3.05, 3.63) is 28.0 Å². The van der Waals surface area contributed by atoms with Gasteiger partial charge in [-0.2, -0.15) is 0 Å². The minimum atomic E-state index is -0.913. The summed E-state index contributed by atoms with van der Waals surface area (Å²) in [6, 6.07) is 1.75. The standard InChI is InChI=1S/C10H10O3S2/c1-7(11)14-5-2-3-8-4-6-15-9(8)10(12)13/h2-4,6H,5H2,1H3,(H,12,13). The fraction of sp³-hybridized carbons (Fsp3) is 0.200. The van der Waals surface area contributed by atoms with E-state index in [4.69, 9.17) is 5.11 Å². The molecule has 0 aliphatic carbocycles. The first kappa shape index (κ1) is 12.0. The Kier molecular flexibility index (Phi) is 4.58. The maximum Gasteiger partial charge on any atom is 0.346 e. The average molecular weight is 242 g/mol. The van der Waals surface area contributed by atoms with Crippen LogP contribution in [-0.4, -0.2) is 21.9 Å². The van der Waals surface area contributed by atoms with Crippen molar-refractivity contribution in [2.75, 3.05) is 5.75 Å². The summed E-state index contributed by atoms with van der Waals surface area (Å²) in [5.41, 5.74) is 0.691. The summed E-state index contributed by atoms with van der Waals surface area (Å²) < 4.78 is 0. The molecule has 0 unspecified atom stereocenters. The maximum atomic E-state index is 10.7.